The van der Waals surface area contributed by atoms with Gasteiger partial charge in [0.15, 0.2) is 0 Å². The second kappa shape index (κ2) is 10.5. The van der Waals surface area contributed by atoms with Gasteiger partial charge >= 0.3 is 10.2 Å². The first kappa shape index (κ1) is 25.5. The van der Waals surface area contributed by atoms with Gasteiger partial charge in [0.2, 0.25) is 0 Å². The van der Waals surface area contributed by atoms with Gasteiger partial charge in [-0.15, -0.1) is 0 Å². The lowest BCUT2D eigenvalue weighted by Gasteiger charge is -2.27. The molecule has 4 rings (SSSR count). The van der Waals surface area contributed by atoms with E-state index in [9.17, 15) is 18.0 Å². The van der Waals surface area contributed by atoms with Crippen LogP contribution in [0.3, 0.4) is 0 Å². The normalized spacial score (nSPS) is 14.8. The SMILES string of the molecule is COc1ccccc1C(=O)NC(=Cc1cn(S(=O)(=O)N(C)C)c2ccccc12)C(=O)N1CCCCC1. The second-order valence-corrected chi connectivity index (χ2v) is 10.8. The number of aromatic nitrogens is 1. The van der Waals surface area contributed by atoms with Crippen LogP contribution in [0.15, 0.2) is 60.4 Å². The van der Waals surface area contributed by atoms with Crippen LogP contribution in [0, 0.1) is 0 Å². The molecule has 0 bridgehead atoms. The Morgan fingerprint density at radius 1 is 1.00 bits per heavy atom. The van der Waals surface area contributed by atoms with E-state index in [1.54, 1.807) is 59.5 Å². The first-order chi connectivity index (χ1) is 17.2. The molecule has 0 spiro atoms. The quantitative estimate of drug-likeness (QED) is 0.493. The van der Waals surface area contributed by atoms with E-state index in [4.69, 9.17) is 4.74 Å². The van der Waals surface area contributed by atoms with Crippen LogP contribution >= 0.6 is 0 Å². The van der Waals surface area contributed by atoms with Gasteiger partial charge in [0, 0.05) is 44.3 Å². The Labute approximate surface area is 211 Å². The summed E-state index contributed by atoms with van der Waals surface area (Å²) in [5.41, 5.74) is 1.32. The smallest absolute Gasteiger partial charge is 0.307 e. The highest BCUT2D eigenvalue weighted by atomic mass is 32.2. The van der Waals surface area contributed by atoms with E-state index < -0.39 is 16.1 Å². The van der Waals surface area contributed by atoms with Crippen molar-refractivity contribution in [3.05, 3.63) is 71.6 Å². The van der Waals surface area contributed by atoms with Gasteiger partial charge in [0.1, 0.15) is 11.4 Å². The predicted octanol–water partition coefficient (Wildman–Crippen LogP) is 3.09. The largest absolute Gasteiger partial charge is 0.496 e. The van der Waals surface area contributed by atoms with Crippen LogP contribution in [-0.4, -0.2) is 67.7 Å². The number of rotatable bonds is 7. The molecular weight excluding hydrogens is 480 g/mol. The number of ether oxygens (including phenoxy) is 1. The predicted molar refractivity (Wildman–Crippen MR) is 139 cm³/mol. The fraction of sp³-hybridized carbons (Fsp3) is 0.308. The Balaban J connectivity index is 1.82. The van der Waals surface area contributed by atoms with Crippen LogP contribution in [0.4, 0.5) is 0 Å². The number of para-hydroxylation sites is 2. The second-order valence-electron chi connectivity index (χ2n) is 8.75. The summed E-state index contributed by atoms with van der Waals surface area (Å²) in [5, 5.41) is 3.41. The minimum atomic E-state index is -3.81. The summed E-state index contributed by atoms with van der Waals surface area (Å²) in [5.74, 6) is -0.424. The van der Waals surface area contributed by atoms with Crippen molar-refractivity contribution in [2.24, 2.45) is 0 Å². The van der Waals surface area contributed by atoms with Crippen LogP contribution in [0.25, 0.3) is 17.0 Å². The molecule has 0 unspecified atom stereocenters. The Bertz CT molecular complexity index is 1420. The topological polar surface area (TPSA) is 101 Å². The standard InChI is InChI=1S/C26H30N4O5S/c1-28(2)36(33,34)30-18-19(20-11-5-7-13-23(20)30)17-22(26(32)29-15-9-4-10-16-29)27-25(31)21-12-6-8-14-24(21)35-3/h5-8,11-14,17-18H,4,9-10,15-16H2,1-3H3,(H,27,31). The molecule has 1 fully saturated rings. The zero-order chi connectivity index (χ0) is 25.9. The summed E-state index contributed by atoms with van der Waals surface area (Å²) in [6, 6.07) is 13.8. The van der Waals surface area contributed by atoms with Crippen LogP contribution in [0.5, 0.6) is 5.75 Å². The van der Waals surface area contributed by atoms with Crippen molar-refractivity contribution in [3.63, 3.8) is 0 Å². The number of hydrogen-bond donors (Lipinski definition) is 1. The van der Waals surface area contributed by atoms with Gasteiger partial charge in [0.25, 0.3) is 11.8 Å². The Morgan fingerprint density at radius 2 is 1.67 bits per heavy atom. The van der Waals surface area contributed by atoms with Crippen LogP contribution < -0.4 is 10.1 Å². The molecule has 0 atom stereocenters. The molecule has 1 aliphatic rings. The zero-order valence-electron chi connectivity index (χ0n) is 20.6. The number of carbonyl (C=O) groups is 2. The van der Waals surface area contributed by atoms with E-state index in [1.807, 2.05) is 0 Å². The van der Waals surface area contributed by atoms with Crippen molar-refractivity contribution < 1.29 is 22.7 Å². The first-order valence-electron chi connectivity index (χ1n) is 11.7. The fourth-order valence-corrected chi connectivity index (χ4v) is 5.26. The number of likely N-dealkylation sites (tertiary alicyclic amines) is 1. The third kappa shape index (κ3) is 5.00. The summed E-state index contributed by atoms with van der Waals surface area (Å²) in [7, 11) is 0.575. The maximum absolute atomic E-state index is 13.6. The highest BCUT2D eigenvalue weighted by Gasteiger charge is 2.25. The molecule has 10 heteroatoms. The van der Waals surface area contributed by atoms with Gasteiger partial charge in [-0.2, -0.15) is 12.7 Å². The van der Waals surface area contributed by atoms with Crippen molar-refractivity contribution in [3.8, 4) is 5.75 Å². The number of nitrogens with one attached hydrogen (secondary N) is 1. The van der Waals surface area contributed by atoms with Crippen molar-refractivity contribution in [1.29, 1.82) is 0 Å². The van der Waals surface area contributed by atoms with Gasteiger partial charge in [-0.05, 0) is 43.5 Å². The molecule has 36 heavy (non-hydrogen) atoms. The molecule has 3 aromatic rings. The number of methoxy groups -OCH3 is 1. The molecule has 0 aliphatic carbocycles. The van der Waals surface area contributed by atoms with Crippen molar-refractivity contribution in [2.75, 3.05) is 34.3 Å². The molecule has 190 valence electrons. The van der Waals surface area contributed by atoms with E-state index in [-0.39, 0.29) is 17.2 Å². The van der Waals surface area contributed by atoms with Crippen molar-refractivity contribution in [2.45, 2.75) is 19.3 Å². The lowest BCUT2D eigenvalue weighted by atomic mass is 10.1. The number of fused-ring (bicyclic) bond motifs is 1. The van der Waals surface area contributed by atoms with Gasteiger partial charge in [0.05, 0.1) is 18.2 Å². The Hall–Kier alpha value is -3.63. The maximum atomic E-state index is 13.6. The van der Waals surface area contributed by atoms with Gasteiger partial charge < -0.3 is 15.0 Å². The molecule has 2 amide bonds. The average Bonchev–Trinajstić information content (AvgIpc) is 3.27. The number of hydrogen-bond acceptors (Lipinski definition) is 5. The monoisotopic (exact) mass is 510 g/mol. The summed E-state index contributed by atoms with van der Waals surface area (Å²) in [6.07, 6.45) is 5.85. The minimum absolute atomic E-state index is 0.0676. The minimum Gasteiger partial charge on any atom is -0.496 e. The molecule has 9 nitrogen and oxygen atoms in total. The maximum Gasteiger partial charge on any atom is 0.307 e. The summed E-state index contributed by atoms with van der Waals surface area (Å²) in [6.45, 7) is 1.19. The zero-order valence-corrected chi connectivity index (χ0v) is 21.4. The third-order valence-electron chi connectivity index (χ3n) is 6.19. The van der Waals surface area contributed by atoms with Gasteiger partial charge in [-0.25, -0.2) is 3.97 Å². The molecule has 1 aromatic heterocycles. The first-order valence-corrected chi connectivity index (χ1v) is 13.1. The van der Waals surface area contributed by atoms with Gasteiger partial charge in [-0.3, -0.25) is 9.59 Å². The van der Waals surface area contributed by atoms with E-state index in [0.29, 0.717) is 35.3 Å². The molecule has 0 radical (unpaired) electrons. The molecular formula is C26H30N4O5S. The Morgan fingerprint density at radius 3 is 2.36 bits per heavy atom. The number of carbonyl (C=O) groups excluding carboxylic acids is 2. The van der Waals surface area contributed by atoms with Gasteiger partial charge in [-0.1, -0.05) is 30.3 Å². The molecule has 1 saturated heterocycles. The number of nitrogens with zero attached hydrogens (tertiary/aromatic N) is 3. The number of benzene rings is 2. The molecule has 1 aliphatic heterocycles. The Kier molecular flexibility index (Phi) is 7.46. The summed E-state index contributed by atoms with van der Waals surface area (Å²) in [4.78, 5) is 28.5. The van der Waals surface area contributed by atoms with Crippen molar-refractivity contribution >= 4 is 39.0 Å². The van der Waals surface area contributed by atoms with Crippen molar-refractivity contribution in [1.82, 2.24) is 18.5 Å². The molecule has 0 saturated carbocycles. The lowest BCUT2D eigenvalue weighted by molar-refractivity contribution is -0.128. The number of amides is 2. The average molecular weight is 511 g/mol. The fourth-order valence-electron chi connectivity index (χ4n) is 4.25. The highest BCUT2D eigenvalue weighted by Crippen LogP contribution is 2.26. The lowest BCUT2D eigenvalue weighted by Crippen LogP contribution is -2.41. The van der Waals surface area contributed by atoms with Crippen LogP contribution in [0.1, 0.15) is 35.2 Å². The third-order valence-corrected chi connectivity index (χ3v) is 7.91. The summed E-state index contributed by atoms with van der Waals surface area (Å²) < 4.78 is 33.6. The van der Waals surface area contributed by atoms with Crippen LogP contribution in [-0.2, 0) is 15.0 Å². The van der Waals surface area contributed by atoms with E-state index in [1.165, 1.54) is 31.4 Å². The van der Waals surface area contributed by atoms with E-state index in [0.717, 1.165) is 23.6 Å². The molecule has 2 heterocycles. The van der Waals surface area contributed by atoms with E-state index >= 15 is 0 Å². The summed E-state index contributed by atoms with van der Waals surface area (Å²) >= 11 is 0. The van der Waals surface area contributed by atoms with E-state index in [2.05, 4.69) is 5.32 Å². The molecule has 2 aromatic carbocycles. The molecule has 1 N–H and O–H groups in total. The number of piperidine rings is 1. The van der Waals surface area contributed by atoms with Crippen LogP contribution in [0.2, 0.25) is 0 Å². The highest BCUT2D eigenvalue weighted by molar-refractivity contribution is 7.87.